The summed E-state index contributed by atoms with van der Waals surface area (Å²) in [5, 5.41) is 0. The van der Waals surface area contributed by atoms with Crippen LogP contribution in [-0.4, -0.2) is 44.5 Å². The topological polar surface area (TPSA) is 66.5 Å². The van der Waals surface area contributed by atoms with E-state index >= 15 is 0 Å². The van der Waals surface area contributed by atoms with Gasteiger partial charge >= 0.3 is 6.18 Å². The van der Waals surface area contributed by atoms with E-state index in [9.17, 15) is 26.4 Å². The number of carbonyl (C=O) groups is 1. The SMILES string of the molecule is CC(C)(C)CN(CC(F)(F)F)C(=O)c1cccc(S(=O)(=O)NC2CCCC2)c1. The van der Waals surface area contributed by atoms with E-state index in [4.69, 9.17) is 0 Å². The molecule has 1 aliphatic carbocycles. The van der Waals surface area contributed by atoms with Gasteiger partial charge in [0.1, 0.15) is 6.54 Å². The van der Waals surface area contributed by atoms with Crippen LogP contribution in [0.1, 0.15) is 56.8 Å². The van der Waals surface area contributed by atoms with E-state index in [0.717, 1.165) is 36.6 Å². The van der Waals surface area contributed by atoms with Crippen molar-refractivity contribution in [1.82, 2.24) is 9.62 Å². The maximum Gasteiger partial charge on any atom is 0.406 e. The maximum atomic E-state index is 13.0. The summed E-state index contributed by atoms with van der Waals surface area (Å²) in [7, 11) is -3.84. The van der Waals surface area contributed by atoms with Gasteiger partial charge in [0.2, 0.25) is 10.0 Å². The lowest BCUT2D eigenvalue weighted by Gasteiger charge is -2.30. The molecule has 1 amide bonds. The van der Waals surface area contributed by atoms with E-state index < -0.39 is 34.1 Å². The van der Waals surface area contributed by atoms with E-state index in [0.29, 0.717) is 0 Å². The van der Waals surface area contributed by atoms with Crippen LogP contribution in [0.2, 0.25) is 0 Å². The third-order valence-electron chi connectivity index (χ3n) is 4.39. The average molecular weight is 420 g/mol. The third-order valence-corrected chi connectivity index (χ3v) is 5.91. The summed E-state index contributed by atoms with van der Waals surface area (Å²) >= 11 is 0. The number of hydrogen-bond acceptors (Lipinski definition) is 3. The zero-order chi connectivity index (χ0) is 21.2. The molecular weight excluding hydrogens is 393 g/mol. The number of carbonyl (C=O) groups excluding carboxylic acids is 1. The van der Waals surface area contributed by atoms with Crippen LogP contribution in [0.4, 0.5) is 13.2 Å². The number of hydrogen-bond donors (Lipinski definition) is 1. The zero-order valence-electron chi connectivity index (χ0n) is 16.3. The summed E-state index contributed by atoms with van der Waals surface area (Å²) in [6.45, 7) is 3.70. The summed E-state index contributed by atoms with van der Waals surface area (Å²) in [4.78, 5) is 13.3. The second kappa shape index (κ2) is 8.41. The predicted octanol–water partition coefficient (Wildman–Crippen LogP) is 3.96. The normalized spacial score (nSPS) is 16.4. The minimum Gasteiger partial charge on any atom is -0.329 e. The summed E-state index contributed by atoms with van der Waals surface area (Å²) in [6, 6.07) is 5.05. The third kappa shape index (κ3) is 6.77. The predicted molar refractivity (Wildman–Crippen MR) is 100 cm³/mol. The molecule has 0 aromatic heterocycles. The van der Waals surface area contributed by atoms with Crippen LogP contribution < -0.4 is 4.72 Å². The lowest BCUT2D eigenvalue weighted by molar-refractivity contribution is -0.142. The second-order valence-corrected chi connectivity index (χ2v) is 10.2. The highest BCUT2D eigenvalue weighted by molar-refractivity contribution is 7.89. The van der Waals surface area contributed by atoms with Crippen molar-refractivity contribution in [2.24, 2.45) is 5.41 Å². The number of alkyl halides is 3. The minimum absolute atomic E-state index is 0.0807. The van der Waals surface area contributed by atoms with Crippen molar-refractivity contribution in [3.8, 4) is 0 Å². The van der Waals surface area contributed by atoms with Crippen molar-refractivity contribution in [2.75, 3.05) is 13.1 Å². The van der Waals surface area contributed by atoms with E-state index in [1.54, 1.807) is 20.8 Å². The summed E-state index contributed by atoms with van der Waals surface area (Å²) in [5.41, 5.74) is -0.628. The molecule has 1 aromatic rings. The van der Waals surface area contributed by atoms with E-state index in [-0.39, 0.29) is 23.0 Å². The summed E-state index contributed by atoms with van der Waals surface area (Å²) in [6.07, 6.45) is -1.14. The van der Waals surface area contributed by atoms with Crippen LogP contribution >= 0.6 is 0 Å². The molecule has 0 spiro atoms. The Bertz CT molecular complexity index is 779. The van der Waals surface area contributed by atoms with Crippen LogP contribution in [0.5, 0.6) is 0 Å². The highest BCUT2D eigenvalue weighted by atomic mass is 32.2. The monoisotopic (exact) mass is 420 g/mol. The molecule has 0 unspecified atom stereocenters. The first kappa shape index (κ1) is 22.7. The molecule has 0 atom stereocenters. The molecule has 158 valence electrons. The zero-order valence-corrected chi connectivity index (χ0v) is 17.2. The molecule has 2 rings (SSSR count). The fraction of sp³-hybridized carbons (Fsp3) is 0.632. The molecule has 1 fully saturated rings. The molecule has 0 bridgehead atoms. The van der Waals surface area contributed by atoms with Crippen molar-refractivity contribution in [3.63, 3.8) is 0 Å². The quantitative estimate of drug-likeness (QED) is 0.758. The van der Waals surface area contributed by atoms with Gasteiger partial charge in [-0.25, -0.2) is 13.1 Å². The fourth-order valence-corrected chi connectivity index (χ4v) is 4.65. The van der Waals surface area contributed by atoms with Gasteiger partial charge in [0.15, 0.2) is 0 Å². The average Bonchev–Trinajstić information content (AvgIpc) is 3.03. The molecule has 0 saturated heterocycles. The first-order valence-electron chi connectivity index (χ1n) is 9.25. The summed E-state index contributed by atoms with van der Waals surface area (Å²) < 4.78 is 66.6. The lowest BCUT2D eigenvalue weighted by atomic mass is 9.95. The smallest absolute Gasteiger partial charge is 0.329 e. The first-order valence-corrected chi connectivity index (χ1v) is 10.7. The Balaban J connectivity index is 2.27. The Morgan fingerprint density at radius 2 is 1.75 bits per heavy atom. The molecule has 1 N–H and O–H groups in total. The van der Waals surface area contributed by atoms with Gasteiger partial charge in [-0.05, 0) is 36.5 Å². The Morgan fingerprint density at radius 3 is 2.29 bits per heavy atom. The number of amides is 1. The number of benzene rings is 1. The van der Waals surface area contributed by atoms with Crippen molar-refractivity contribution >= 4 is 15.9 Å². The highest BCUT2D eigenvalue weighted by Crippen LogP contribution is 2.24. The molecule has 5 nitrogen and oxygen atoms in total. The number of sulfonamides is 1. The van der Waals surface area contributed by atoms with Gasteiger partial charge in [-0.3, -0.25) is 4.79 Å². The van der Waals surface area contributed by atoms with E-state index in [1.165, 1.54) is 18.2 Å². The van der Waals surface area contributed by atoms with Crippen molar-refractivity contribution in [2.45, 2.75) is 63.6 Å². The van der Waals surface area contributed by atoms with Crippen molar-refractivity contribution in [3.05, 3.63) is 29.8 Å². The Kier molecular flexibility index (Phi) is 6.81. The van der Waals surface area contributed by atoms with Gasteiger partial charge in [0, 0.05) is 18.2 Å². The molecular formula is C19H27F3N2O3S. The molecule has 0 radical (unpaired) electrons. The lowest BCUT2D eigenvalue weighted by Crippen LogP contribution is -2.43. The largest absolute Gasteiger partial charge is 0.406 e. The number of nitrogens with zero attached hydrogens (tertiary/aromatic N) is 1. The Morgan fingerprint density at radius 1 is 1.14 bits per heavy atom. The summed E-state index contributed by atoms with van der Waals surface area (Å²) in [5.74, 6) is -0.842. The Hall–Kier alpha value is -1.61. The molecule has 0 aliphatic heterocycles. The van der Waals surface area contributed by atoms with Gasteiger partial charge in [0.25, 0.3) is 5.91 Å². The van der Waals surface area contributed by atoms with Gasteiger partial charge < -0.3 is 4.90 Å². The molecule has 1 saturated carbocycles. The molecule has 28 heavy (non-hydrogen) atoms. The van der Waals surface area contributed by atoms with Gasteiger partial charge in [-0.2, -0.15) is 13.2 Å². The number of nitrogens with one attached hydrogen (secondary N) is 1. The van der Waals surface area contributed by atoms with Crippen LogP contribution in [0.3, 0.4) is 0 Å². The van der Waals surface area contributed by atoms with Crippen LogP contribution in [0.25, 0.3) is 0 Å². The fourth-order valence-electron chi connectivity index (χ4n) is 3.30. The number of rotatable bonds is 6. The van der Waals surface area contributed by atoms with Crippen LogP contribution in [0.15, 0.2) is 29.2 Å². The van der Waals surface area contributed by atoms with Crippen LogP contribution in [0, 0.1) is 5.41 Å². The molecule has 1 aliphatic rings. The molecule has 0 heterocycles. The minimum atomic E-state index is -4.55. The van der Waals surface area contributed by atoms with E-state index in [1.807, 2.05) is 0 Å². The highest BCUT2D eigenvalue weighted by Gasteiger charge is 2.35. The van der Waals surface area contributed by atoms with Gasteiger partial charge in [0.05, 0.1) is 4.90 Å². The van der Waals surface area contributed by atoms with Gasteiger partial charge in [-0.15, -0.1) is 0 Å². The van der Waals surface area contributed by atoms with E-state index in [2.05, 4.69) is 4.72 Å². The van der Waals surface area contributed by atoms with Crippen LogP contribution in [-0.2, 0) is 10.0 Å². The first-order chi connectivity index (χ1) is 12.8. The maximum absolute atomic E-state index is 13.0. The van der Waals surface area contributed by atoms with Crippen molar-refractivity contribution < 1.29 is 26.4 Å². The Labute approximate surface area is 164 Å². The van der Waals surface area contributed by atoms with Crippen molar-refractivity contribution in [1.29, 1.82) is 0 Å². The number of halogens is 3. The van der Waals surface area contributed by atoms with Gasteiger partial charge in [-0.1, -0.05) is 39.7 Å². The standard InChI is InChI=1S/C19H27F3N2O3S/c1-18(2,3)12-24(13-19(20,21)22)17(25)14-7-6-10-16(11-14)28(26,27)23-15-8-4-5-9-15/h6-7,10-11,15,23H,4-5,8-9,12-13H2,1-3H3. The second-order valence-electron chi connectivity index (χ2n) is 8.47. The molecule has 9 heteroatoms. The molecule has 1 aromatic carbocycles.